The summed E-state index contributed by atoms with van der Waals surface area (Å²) in [5.74, 6) is -0.874. The zero-order valence-corrected chi connectivity index (χ0v) is 50.3. The molecular formula is C69H126O6. The Morgan fingerprint density at radius 2 is 0.480 bits per heavy atom. The first-order chi connectivity index (χ1) is 37.0. The van der Waals surface area contributed by atoms with Crippen LogP contribution in [0.2, 0.25) is 0 Å². The van der Waals surface area contributed by atoms with E-state index in [0.29, 0.717) is 19.3 Å². The fraction of sp³-hybridized carbons (Fsp3) is 0.841. The summed E-state index contributed by atoms with van der Waals surface area (Å²) >= 11 is 0. The number of carbonyl (C=O) groups is 3. The number of carbonyl (C=O) groups excluding carboxylic acids is 3. The summed E-state index contributed by atoms with van der Waals surface area (Å²) in [5.41, 5.74) is 0. The van der Waals surface area contributed by atoms with E-state index in [4.69, 9.17) is 14.2 Å². The number of esters is 3. The lowest BCUT2D eigenvalue weighted by molar-refractivity contribution is -0.167. The molecule has 0 aromatic carbocycles. The van der Waals surface area contributed by atoms with Crippen molar-refractivity contribution in [3.05, 3.63) is 48.6 Å². The van der Waals surface area contributed by atoms with Gasteiger partial charge in [-0.05, 0) is 103 Å². The van der Waals surface area contributed by atoms with Gasteiger partial charge in [0.1, 0.15) is 13.2 Å². The summed E-state index contributed by atoms with van der Waals surface area (Å²) < 4.78 is 16.9. The Labute approximate surface area is 467 Å². The van der Waals surface area contributed by atoms with Crippen molar-refractivity contribution in [2.45, 2.75) is 361 Å². The Balaban J connectivity index is 4.17. The lowest BCUT2D eigenvalue weighted by Crippen LogP contribution is -2.30. The Morgan fingerprint density at radius 1 is 0.267 bits per heavy atom. The van der Waals surface area contributed by atoms with E-state index in [1.807, 2.05) is 0 Å². The Bertz CT molecular complexity index is 1300. The quantitative estimate of drug-likeness (QED) is 0.0261. The summed E-state index contributed by atoms with van der Waals surface area (Å²) in [6.45, 7) is 6.64. The highest BCUT2D eigenvalue weighted by Crippen LogP contribution is 2.17. The van der Waals surface area contributed by atoms with Crippen LogP contribution in [0.4, 0.5) is 0 Å². The van der Waals surface area contributed by atoms with E-state index in [2.05, 4.69) is 69.4 Å². The lowest BCUT2D eigenvalue weighted by Gasteiger charge is -2.18. The Kier molecular flexibility index (Phi) is 61.7. The summed E-state index contributed by atoms with van der Waals surface area (Å²) in [7, 11) is 0. The van der Waals surface area contributed by atoms with Crippen molar-refractivity contribution in [1.82, 2.24) is 0 Å². The second kappa shape index (κ2) is 63.9. The van der Waals surface area contributed by atoms with Crippen LogP contribution in [0.3, 0.4) is 0 Å². The van der Waals surface area contributed by atoms with Crippen LogP contribution < -0.4 is 0 Å². The topological polar surface area (TPSA) is 78.9 Å². The Hall–Kier alpha value is -2.63. The van der Waals surface area contributed by atoms with Crippen LogP contribution in [0.15, 0.2) is 48.6 Å². The van der Waals surface area contributed by atoms with Crippen LogP contribution >= 0.6 is 0 Å². The van der Waals surface area contributed by atoms with Gasteiger partial charge < -0.3 is 14.2 Å². The summed E-state index contributed by atoms with van der Waals surface area (Å²) in [6, 6.07) is 0. The minimum Gasteiger partial charge on any atom is -0.462 e. The summed E-state index contributed by atoms with van der Waals surface area (Å²) in [4.78, 5) is 38.2. The van der Waals surface area contributed by atoms with Crippen molar-refractivity contribution in [2.24, 2.45) is 0 Å². The molecule has 1 unspecified atom stereocenters. The first-order valence-corrected chi connectivity index (χ1v) is 33.1. The van der Waals surface area contributed by atoms with Crippen molar-refractivity contribution in [3.8, 4) is 0 Å². The van der Waals surface area contributed by atoms with Crippen LogP contribution in [-0.4, -0.2) is 37.2 Å². The normalized spacial score (nSPS) is 12.3. The van der Waals surface area contributed by atoms with E-state index >= 15 is 0 Å². The van der Waals surface area contributed by atoms with Crippen LogP contribution in [0, 0.1) is 0 Å². The standard InChI is InChI=1S/C69H126O6/c1-4-7-10-13-16-19-22-25-27-29-30-31-32-33-34-35-36-37-38-39-40-41-43-44-47-50-53-56-59-62-68(71)74-65-66(64-73-67(70)61-58-55-52-49-46-24-21-18-15-12-9-6-3)75-69(72)63-60-57-54-51-48-45-42-28-26-23-20-17-14-11-8-5-2/h18,21-22,25,28-30,42,66H,4-17,19-20,23-24,26-27,31-41,43-65H2,1-3H3/b21-18-,25-22-,30-29-,42-28-. The van der Waals surface area contributed by atoms with Gasteiger partial charge in [-0.15, -0.1) is 0 Å². The third kappa shape index (κ3) is 62.1. The van der Waals surface area contributed by atoms with Gasteiger partial charge >= 0.3 is 17.9 Å². The van der Waals surface area contributed by atoms with Gasteiger partial charge in [-0.3, -0.25) is 14.4 Å². The van der Waals surface area contributed by atoms with E-state index in [1.54, 1.807) is 0 Å². The van der Waals surface area contributed by atoms with Gasteiger partial charge in [-0.2, -0.15) is 0 Å². The largest absolute Gasteiger partial charge is 0.462 e. The number of unbranched alkanes of at least 4 members (excludes halogenated alkanes) is 42. The van der Waals surface area contributed by atoms with Crippen molar-refractivity contribution in [1.29, 1.82) is 0 Å². The summed E-state index contributed by atoms with van der Waals surface area (Å²) in [6.07, 6.45) is 79.9. The highest BCUT2D eigenvalue weighted by atomic mass is 16.6. The molecule has 438 valence electrons. The molecular weight excluding hydrogens is 925 g/mol. The van der Waals surface area contributed by atoms with Crippen LogP contribution in [0.5, 0.6) is 0 Å². The van der Waals surface area contributed by atoms with Crippen LogP contribution in [0.1, 0.15) is 355 Å². The van der Waals surface area contributed by atoms with Gasteiger partial charge in [-0.1, -0.05) is 281 Å². The Morgan fingerprint density at radius 3 is 0.773 bits per heavy atom. The predicted molar refractivity (Wildman–Crippen MR) is 325 cm³/mol. The average Bonchev–Trinajstić information content (AvgIpc) is 3.41. The van der Waals surface area contributed by atoms with Crippen molar-refractivity contribution in [3.63, 3.8) is 0 Å². The van der Waals surface area contributed by atoms with E-state index in [1.165, 1.54) is 238 Å². The molecule has 0 rings (SSSR count). The third-order valence-electron chi connectivity index (χ3n) is 14.8. The molecule has 0 N–H and O–H groups in total. The molecule has 0 spiro atoms. The monoisotopic (exact) mass is 1050 g/mol. The molecule has 0 saturated heterocycles. The van der Waals surface area contributed by atoms with E-state index in [9.17, 15) is 14.4 Å². The molecule has 6 heteroatoms. The van der Waals surface area contributed by atoms with Gasteiger partial charge in [0.2, 0.25) is 0 Å². The third-order valence-corrected chi connectivity index (χ3v) is 14.8. The molecule has 0 amide bonds. The number of rotatable bonds is 61. The molecule has 6 nitrogen and oxygen atoms in total. The maximum atomic E-state index is 12.9. The number of allylic oxidation sites excluding steroid dienone is 8. The zero-order chi connectivity index (χ0) is 54.3. The smallest absolute Gasteiger partial charge is 0.306 e. The van der Waals surface area contributed by atoms with Crippen molar-refractivity contribution >= 4 is 17.9 Å². The van der Waals surface area contributed by atoms with Crippen molar-refractivity contribution in [2.75, 3.05) is 13.2 Å². The molecule has 0 aromatic heterocycles. The lowest BCUT2D eigenvalue weighted by atomic mass is 10.0. The van der Waals surface area contributed by atoms with Gasteiger partial charge in [0.25, 0.3) is 0 Å². The fourth-order valence-electron chi connectivity index (χ4n) is 9.76. The highest BCUT2D eigenvalue weighted by molar-refractivity contribution is 5.71. The molecule has 75 heavy (non-hydrogen) atoms. The first-order valence-electron chi connectivity index (χ1n) is 33.1. The minimum absolute atomic E-state index is 0.0757. The SMILES string of the molecule is CCCCC/C=C\CCCCCCCC(=O)OCC(COC(=O)CCCCCCCCCCCCCCCCCCC/C=C\C/C=C\CCCCCCC)OC(=O)CCCCCCC/C=C\CCCCCCCCC. The van der Waals surface area contributed by atoms with E-state index in [0.717, 1.165) is 77.0 Å². The first kappa shape index (κ1) is 72.4. The van der Waals surface area contributed by atoms with Gasteiger partial charge in [-0.25, -0.2) is 0 Å². The second-order valence-corrected chi connectivity index (χ2v) is 22.4. The molecule has 0 bridgehead atoms. The van der Waals surface area contributed by atoms with Crippen LogP contribution in [0.25, 0.3) is 0 Å². The van der Waals surface area contributed by atoms with Crippen LogP contribution in [-0.2, 0) is 28.6 Å². The maximum Gasteiger partial charge on any atom is 0.306 e. The zero-order valence-electron chi connectivity index (χ0n) is 50.3. The maximum absolute atomic E-state index is 12.9. The molecule has 0 fully saturated rings. The number of ether oxygens (including phenoxy) is 3. The van der Waals surface area contributed by atoms with Crippen molar-refractivity contribution < 1.29 is 28.6 Å². The molecule has 0 aliphatic carbocycles. The minimum atomic E-state index is -0.779. The highest BCUT2D eigenvalue weighted by Gasteiger charge is 2.19. The predicted octanol–water partition coefficient (Wildman–Crippen LogP) is 22.6. The number of hydrogen-bond acceptors (Lipinski definition) is 6. The molecule has 0 aromatic rings. The van der Waals surface area contributed by atoms with Gasteiger partial charge in [0.15, 0.2) is 6.10 Å². The molecule has 1 atom stereocenters. The van der Waals surface area contributed by atoms with Gasteiger partial charge in [0, 0.05) is 19.3 Å². The fourth-order valence-corrected chi connectivity index (χ4v) is 9.76. The summed E-state index contributed by atoms with van der Waals surface area (Å²) in [5, 5.41) is 0. The second-order valence-electron chi connectivity index (χ2n) is 22.4. The molecule has 0 radical (unpaired) electrons. The molecule has 0 aliphatic heterocycles. The average molecular weight is 1050 g/mol. The molecule has 0 heterocycles. The van der Waals surface area contributed by atoms with E-state index in [-0.39, 0.29) is 31.1 Å². The molecule has 0 saturated carbocycles. The van der Waals surface area contributed by atoms with E-state index < -0.39 is 6.10 Å². The molecule has 0 aliphatic rings. The number of hydrogen-bond donors (Lipinski definition) is 0. The van der Waals surface area contributed by atoms with Gasteiger partial charge in [0.05, 0.1) is 0 Å².